The van der Waals surface area contributed by atoms with Gasteiger partial charge in [0.25, 0.3) is 0 Å². The molecular weight excluding hydrogens is 369 g/mol. The van der Waals surface area contributed by atoms with Crippen LogP contribution in [0.3, 0.4) is 0 Å². The zero-order chi connectivity index (χ0) is 15.5. The zero-order valence-corrected chi connectivity index (χ0v) is 16.7. The van der Waals surface area contributed by atoms with Crippen LogP contribution in [0.1, 0.15) is 38.5 Å². The van der Waals surface area contributed by atoms with Crippen LogP contribution < -0.4 is 11.1 Å². The summed E-state index contributed by atoms with van der Waals surface area (Å²) in [5.41, 5.74) is 5.84. The summed E-state index contributed by atoms with van der Waals surface area (Å²) in [5, 5.41) is 3.21. The number of amides is 1. The van der Waals surface area contributed by atoms with E-state index in [1.807, 2.05) is 11.8 Å². The molecule has 0 spiro atoms. The molecule has 2 saturated heterocycles. The van der Waals surface area contributed by atoms with Gasteiger partial charge in [0, 0.05) is 30.9 Å². The molecule has 1 atom stereocenters. The van der Waals surface area contributed by atoms with Crippen molar-refractivity contribution in [3.8, 4) is 0 Å². The number of morpholine rings is 1. The van der Waals surface area contributed by atoms with E-state index in [9.17, 15) is 4.79 Å². The Bertz CT molecular complexity index is 397. The first-order valence-electron chi connectivity index (χ1n) is 8.62. The zero-order valence-electron chi connectivity index (χ0n) is 14.3. The fourth-order valence-corrected chi connectivity index (χ4v) is 5.44. The van der Waals surface area contributed by atoms with E-state index in [0.717, 1.165) is 70.7 Å². The highest BCUT2D eigenvalue weighted by molar-refractivity contribution is 7.99. The maximum atomic E-state index is 12.6. The van der Waals surface area contributed by atoms with E-state index in [0.29, 0.717) is 0 Å². The van der Waals surface area contributed by atoms with Crippen LogP contribution in [-0.4, -0.2) is 66.2 Å². The van der Waals surface area contributed by atoms with Gasteiger partial charge in [-0.05, 0) is 25.0 Å². The van der Waals surface area contributed by atoms with Crippen LogP contribution in [0.4, 0.5) is 0 Å². The molecule has 0 aromatic heterocycles. The maximum absolute atomic E-state index is 12.6. The van der Waals surface area contributed by atoms with Crippen molar-refractivity contribution in [2.45, 2.75) is 49.6 Å². The van der Waals surface area contributed by atoms with Crippen LogP contribution in [0.5, 0.6) is 0 Å². The SMILES string of the molecule is Cl.Cl.NC1(C(=O)NCC2(N3CCOCC3)CCSC2)CCCCC1. The van der Waals surface area contributed by atoms with Crippen molar-refractivity contribution in [2.24, 2.45) is 5.73 Å². The second kappa shape index (κ2) is 9.83. The van der Waals surface area contributed by atoms with Gasteiger partial charge in [0.2, 0.25) is 5.91 Å². The van der Waals surface area contributed by atoms with Gasteiger partial charge in [-0.3, -0.25) is 9.69 Å². The number of ether oxygens (including phenoxy) is 1. The Kier molecular flexibility index (Phi) is 9.15. The molecule has 0 aromatic carbocycles. The summed E-state index contributed by atoms with van der Waals surface area (Å²) < 4.78 is 5.49. The van der Waals surface area contributed by atoms with Crippen molar-refractivity contribution >= 4 is 42.5 Å². The minimum atomic E-state index is -0.629. The van der Waals surface area contributed by atoms with Crippen molar-refractivity contribution in [3.05, 3.63) is 0 Å². The van der Waals surface area contributed by atoms with Gasteiger partial charge in [0.15, 0.2) is 0 Å². The lowest BCUT2D eigenvalue weighted by Crippen LogP contribution is -2.62. The number of hydrogen-bond acceptors (Lipinski definition) is 5. The number of thioether (sulfide) groups is 1. The molecule has 1 saturated carbocycles. The van der Waals surface area contributed by atoms with Crippen molar-refractivity contribution in [1.29, 1.82) is 0 Å². The fourth-order valence-electron chi connectivity index (χ4n) is 3.97. The van der Waals surface area contributed by atoms with Crippen LogP contribution in [0.25, 0.3) is 0 Å². The number of carbonyl (C=O) groups excluding carboxylic acids is 1. The summed E-state index contributed by atoms with van der Waals surface area (Å²) in [4.78, 5) is 15.1. The molecule has 2 aliphatic heterocycles. The van der Waals surface area contributed by atoms with Crippen LogP contribution in [0, 0.1) is 0 Å². The van der Waals surface area contributed by atoms with Gasteiger partial charge in [0.1, 0.15) is 0 Å². The number of nitrogens with one attached hydrogen (secondary N) is 1. The molecule has 5 nitrogen and oxygen atoms in total. The van der Waals surface area contributed by atoms with Crippen molar-refractivity contribution < 1.29 is 9.53 Å². The summed E-state index contributed by atoms with van der Waals surface area (Å²) in [6.07, 6.45) is 6.18. The van der Waals surface area contributed by atoms with E-state index in [4.69, 9.17) is 10.5 Å². The normalized spacial score (nSPS) is 30.0. The Balaban J connectivity index is 0.00000144. The number of nitrogens with zero attached hydrogens (tertiary/aromatic N) is 1. The predicted octanol–water partition coefficient (Wildman–Crippen LogP) is 1.82. The first-order chi connectivity index (χ1) is 10.6. The predicted molar refractivity (Wildman–Crippen MR) is 105 cm³/mol. The molecule has 8 heteroatoms. The Morgan fingerprint density at radius 3 is 2.38 bits per heavy atom. The summed E-state index contributed by atoms with van der Waals surface area (Å²) in [5.74, 6) is 2.35. The minimum absolute atomic E-state index is 0. The molecule has 2 heterocycles. The molecule has 0 aromatic rings. The summed E-state index contributed by atoms with van der Waals surface area (Å²) in [6.45, 7) is 4.30. The number of rotatable bonds is 4. The highest BCUT2D eigenvalue weighted by Gasteiger charge is 2.42. The Morgan fingerprint density at radius 2 is 1.79 bits per heavy atom. The lowest BCUT2D eigenvalue weighted by Gasteiger charge is -2.43. The highest BCUT2D eigenvalue weighted by atomic mass is 35.5. The van der Waals surface area contributed by atoms with E-state index >= 15 is 0 Å². The second-order valence-corrected chi connectivity index (χ2v) is 8.13. The van der Waals surface area contributed by atoms with E-state index in [-0.39, 0.29) is 36.3 Å². The highest BCUT2D eigenvalue weighted by Crippen LogP contribution is 2.34. The van der Waals surface area contributed by atoms with Crippen LogP contribution in [0.2, 0.25) is 0 Å². The molecular formula is C16H31Cl2N3O2S. The Labute approximate surface area is 162 Å². The van der Waals surface area contributed by atoms with Gasteiger partial charge in [-0.1, -0.05) is 19.3 Å². The maximum Gasteiger partial charge on any atom is 0.240 e. The lowest BCUT2D eigenvalue weighted by molar-refractivity contribution is -0.128. The number of carbonyl (C=O) groups is 1. The van der Waals surface area contributed by atoms with Crippen LogP contribution in [0.15, 0.2) is 0 Å². The number of nitrogens with two attached hydrogens (primary N) is 1. The Morgan fingerprint density at radius 1 is 1.12 bits per heavy atom. The third-order valence-electron chi connectivity index (χ3n) is 5.54. The van der Waals surface area contributed by atoms with Crippen molar-refractivity contribution in [3.63, 3.8) is 0 Å². The first-order valence-corrected chi connectivity index (χ1v) is 9.78. The smallest absolute Gasteiger partial charge is 0.240 e. The second-order valence-electron chi connectivity index (χ2n) is 7.03. The van der Waals surface area contributed by atoms with Gasteiger partial charge >= 0.3 is 0 Å². The van der Waals surface area contributed by atoms with Crippen LogP contribution in [-0.2, 0) is 9.53 Å². The molecule has 1 aliphatic carbocycles. The van der Waals surface area contributed by atoms with E-state index < -0.39 is 5.54 Å². The molecule has 0 bridgehead atoms. The van der Waals surface area contributed by atoms with Crippen molar-refractivity contribution in [2.75, 3.05) is 44.4 Å². The Hall–Kier alpha value is 0.280. The minimum Gasteiger partial charge on any atom is -0.379 e. The van der Waals surface area contributed by atoms with Crippen LogP contribution >= 0.6 is 36.6 Å². The molecule has 1 unspecified atom stereocenters. The van der Waals surface area contributed by atoms with Gasteiger partial charge in [0.05, 0.1) is 18.8 Å². The van der Waals surface area contributed by atoms with Gasteiger partial charge < -0.3 is 15.8 Å². The third kappa shape index (κ3) is 4.92. The lowest BCUT2D eigenvalue weighted by atomic mass is 9.81. The van der Waals surface area contributed by atoms with Gasteiger partial charge in [-0.15, -0.1) is 24.8 Å². The summed E-state index contributed by atoms with van der Waals surface area (Å²) >= 11 is 2.00. The monoisotopic (exact) mass is 399 g/mol. The van der Waals surface area contributed by atoms with Crippen molar-refractivity contribution in [1.82, 2.24) is 10.2 Å². The largest absolute Gasteiger partial charge is 0.379 e. The van der Waals surface area contributed by atoms with E-state index in [2.05, 4.69) is 10.2 Å². The quantitative estimate of drug-likeness (QED) is 0.754. The fraction of sp³-hybridized carbons (Fsp3) is 0.938. The first kappa shape index (κ1) is 22.3. The summed E-state index contributed by atoms with van der Waals surface area (Å²) in [7, 11) is 0. The molecule has 3 fully saturated rings. The topological polar surface area (TPSA) is 67.6 Å². The third-order valence-corrected chi connectivity index (χ3v) is 6.77. The van der Waals surface area contributed by atoms with E-state index in [1.165, 1.54) is 12.2 Å². The average molecular weight is 400 g/mol. The number of hydrogen-bond donors (Lipinski definition) is 2. The van der Waals surface area contributed by atoms with Gasteiger partial charge in [-0.25, -0.2) is 0 Å². The number of halogens is 2. The molecule has 24 heavy (non-hydrogen) atoms. The molecule has 3 rings (SSSR count). The molecule has 3 aliphatic rings. The molecule has 1 amide bonds. The van der Waals surface area contributed by atoms with E-state index in [1.54, 1.807) is 0 Å². The molecule has 142 valence electrons. The standard InChI is InChI=1S/C16H29N3O2S.2ClH/c17-16(4-2-1-3-5-16)14(20)18-12-15(6-11-22-13-15)19-7-9-21-10-8-19;;/h1-13,17H2,(H,18,20);2*1H. The van der Waals surface area contributed by atoms with Gasteiger partial charge in [-0.2, -0.15) is 11.8 Å². The molecule has 3 N–H and O–H groups in total. The molecule has 0 radical (unpaired) electrons. The average Bonchev–Trinajstić information content (AvgIpc) is 3.04. The summed E-state index contributed by atoms with van der Waals surface area (Å²) in [6, 6.07) is 0.